The van der Waals surface area contributed by atoms with Gasteiger partial charge in [0, 0.05) is 37.4 Å². The summed E-state index contributed by atoms with van der Waals surface area (Å²) in [6.07, 6.45) is 5.67. The Kier molecular flexibility index (Phi) is 6.45. The average Bonchev–Trinajstić information content (AvgIpc) is 3.58. The molecule has 0 amide bonds. The van der Waals surface area contributed by atoms with Gasteiger partial charge in [-0.2, -0.15) is 0 Å². The molecule has 6 atom stereocenters. The third-order valence-electron chi connectivity index (χ3n) is 10.8. The van der Waals surface area contributed by atoms with E-state index in [0.717, 1.165) is 55.0 Å². The predicted molar refractivity (Wildman–Crippen MR) is 162 cm³/mol. The molecule has 3 aliphatic carbocycles. The fraction of sp³-hybridized carbons (Fsp3) is 0.545. The van der Waals surface area contributed by atoms with Crippen molar-refractivity contribution in [1.29, 1.82) is 0 Å². The zero-order valence-corrected chi connectivity index (χ0v) is 24.5. The van der Waals surface area contributed by atoms with Gasteiger partial charge in [-0.05, 0) is 91.2 Å². The Balaban J connectivity index is 1.13. The second kappa shape index (κ2) is 9.93. The van der Waals surface area contributed by atoms with Gasteiger partial charge >= 0.3 is 0 Å². The largest absolute Gasteiger partial charge is 0.337 e. The van der Waals surface area contributed by atoms with Crippen LogP contribution in [0, 0.1) is 35.9 Å². The highest BCUT2D eigenvalue weighted by Crippen LogP contribution is 2.61. The quantitative estimate of drug-likeness (QED) is 0.343. The first-order valence-electron chi connectivity index (χ1n) is 15.3. The summed E-state index contributed by atoms with van der Waals surface area (Å²) in [5.41, 5.74) is 3.36. The van der Waals surface area contributed by atoms with E-state index in [4.69, 9.17) is 4.99 Å². The Morgan fingerprint density at radius 2 is 2.05 bits per heavy atom. The number of guanidine groups is 1. The van der Waals surface area contributed by atoms with Crippen LogP contribution in [0.1, 0.15) is 51.2 Å². The van der Waals surface area contributed by atoms with Crippen molar-refractivity contribution in [2.24, 2.45) is 28.2 Å². The standard InChI is InChI=1S/C33H41FN6O/c1-19-5-6-21(28(34)11-19)9-10-39-18-36-30-15-23(7-8-26(30)31(39)41)37-32(40-17-24-14-25(40)16-35-24)38-29-13-22-12-27(20(29)2)33(22,3)4/h5-8,11,15,18,20,22,24-25,27,29,35H,9-10,12-14,16-17H2,1-4H3,(H,37,38)/t20-,22-,24-,25?,27+,29-/m0/s1. The highest BCUT2D eigenvalue weighted by atomic mass is 19.1. The van der Waals surface area contributed by atoms with Crippen LogP contribution in [-0.2, 0) is 13.0 Å². The Bertz CT molecular complexity index is 1580. The van der Waals surface area contributed by atoms with E-state index in [9.17, 15) is 9.18 Å². The summed E-state index contributed by atoms with van der Waals surface area (Å²) in [6.45, 7) is 11.5. The van der Waals surface area contributed by atoms with E-state index in [1.54, 1.807) is 17.0 Å². The summed E-state index contributed by atoms with van der Waals surface area (Å²) in [4.78, 5) is 25.8. The molecule has 41 heavy (non-hydrogen) atoms. The SMILES string of the molecule is Cc1ccc(CCn2cnc3cc(NC(=N[C@H]4C[C@@H]5C[C@H]([C@@H]4C)C5(C)C)N4C[C@@H]5CC4CN5)ccc3c2=O)c(F)c1. The molecule has 2 saturated heterocycles. The smallest absolute Gasteiger partial charge is 0.261 e. The molecule has 5 fully saturated rings. The van der Waals surface area contributed by atoms with E-state index in [2.05, 4.69) is 41.3 Å². The van der Waals surface area contributed by atoms with Crippen LogP contribution < -0.4 is 16.2 Å². The lowest BCUT2D eigenvalue weighted by atomic mass is 9.45. The number of aryl methyl sites for hydroxylation is 3. The van der Waals surface area contributed by atoms with Crippen molar-refractivity contribution >= 4 is 22.5 Å². The van der Waals surface area contributed by atoms with Crippen LogP contribution in [0.25, 0.3) is 10.9 Å². The summed E-state index contributed by atoms with van der Waals surface area (Å²) in [5.74, 6) is 2.79. The van der Waals surface area contributed by atoms with Gasteiger partial charge in [0.2, 0.25) is 0 Å². The Morgan fingerprint density at radius 1 is 1.20 bits per heavy atom. The average molecular weight is 557 g/mol. The summed E-state index contributed by atoms with van der Waals surface area (Å²) in [5, 5.41) is 7.84. The molecule has 216 valence electrons. The molecule has 1 aromatic heterocycles. The maximum atomic E-state index is 14.3. The van der Waals surface area contributed by atoms with Crippen LogP contribution in [0.3, 0.4) is 0 Å². The van der Waals surface area contributed by atoms with E-state index >= 15 is 0 Å². The van der Waals surface area contributed by atoms with Crippen molar-refractivity contribution in [2.75, 3.05) is 18.4 Å². The van der Waals surface area contributed by atoms with E-state index in [-0.39, 0.29) is 11.4 Å². The molecule has 4 bridgehead atoms. The number of hydrogen-bond donors (Lipinski definition) is 2. The maximum Gasteiger partial charge on any atom is 0.261 e. The summed E-state index contributed by atoms with van der Waals surface area (Å²) in [6, 6.07) is 12.3. The molecule has 8 rings (SSSR count). The zero-order chi connectivity index (χ0) is 28.5. The van der Waals surface area contributed by atoms with Gasteiger partial charge in [-0.25, -0.2) is 14.4 Å². The number of anilines is 1. The van der Waals surface area contributed by atoms with E-state index in [1.807, 2.05) is 31.2 Å². The topological polar surface area (TPSA) is 74.6 Å². The molecule has 3 saturated carbocycles. The van der Waals surface area contributed by atoms with Gasteiger partial charge in [0.05, 0.1) is 23.3 Å². The van der Waals surface area contributed by atoms with Crippen LogP contribution in [0.5, 0.6) is 0 Å². The maximum absolute atomic E-state index is 14.3. The minimum atomic E-state index is -0.231. The molecule has 3 aromatic rings. The normalized spacial score (nSPS) is 30.1. The predicted octanol–water partition coefficient (Wildman–Crippen LogP) is 4.97. The summed E-state index contributed by atoms with van der Waals surface area (Å²) >= 11 is 0. The van der Waals surface area contributed by atoms with Crippen molar-refractivity contribution in [3.8, 4) is 0 Å². The van der Waals surface area contributed by atoms with Crippen molar-refractivity contribution in [2.45, 2.75) is 78.0 Å². The highest BCUT2D eigenvalue weighted by molar-refractivity contribution is 5.96. The van der Waals surface area contributed by atoms with E-state index in [1.165, 1.54) is 12.5 Å². The van der Waals surface area contributed by atoms with Gasteiger partial charge in [0.25, 0.3) is 5.56 Å². The molecule has 2 N–H and O–H groups in total. The van der Waals surface area contributed by atoms with Crippen molar-refractivity contribution in [1.82, 2.24) is 19.8 Å². The van der Waals surface area contributed by atoms with Crippen LogP contribution in [0.4, 0.5) is 10.1 Å². The number of aliphatic imine (C=N–C) groups is 1. The number of likely N-dealkylation sites (tertiary alicyclic amines) is 1. The lowest BCUT2D eigenvalue weighted by molar-refractivity contribution is -0.108. The minimum Gasteiger partial charge on any atom is -0.337 e. The number of piperazine rings is 1. The molecular weight excluding hydrogens is 515 g/mol. The monoisotopic (exact) mass is 556 g/mol. The second-order valence-electron chi connectivity index (χ2n) is 13.6. The molecule has 1 unspecified atom stereocenters. The number of fused-ring (bicyclic) bond motifs is 5. The number of nitrogens with zero attached hydrogens (tertiary/aromatic N) is 4. The van der Waals surface area contributed by atoms with Gasteiger partial charge in [-0.1, -0.05) is 32.9 Å². The highest BCUT2D eigenvalue weighted by Gasteiger charge is 2.56. The molecule has 7 nitrogen and oxygen atoms in total. The fourth-order valence-corrected chi connectivity index (χ4v) is 8.07. The zero-order valence-electron chi connectivity index (χ0n) is 24.5. The Morgan fingerprint density at radius 3 is 2.76 bits per heavy atom. The fourth-order valence-electron chi connectivity index (χ4n) is 8.07. The van der Waals surface area contributed by atoms with Crippen molar-refractivity contribution in [3.63, 3.8) is 0 Å². The minimum absolute atomic E-state index is 0.108. The number of halogens is 1. The van der Waals surface area contributed by atoms with Gasteiger partial charge in [0.1, 0.15) is 5.82 Å². The van der Waals surface area contributed by atoms with Gasteiger partial charge in [-0.15, -0.1) is 0 Å². The second-order valence-corrected chi connectivity index (χ2v) is 13.6. The third kappa shape index (κ3) is 4.64. The van der Waals surface area contributed by atoms with Crippen LogP contribution >= 0.6 is 0 Å². The van der Waals surface area contributed by atoms with Gasteiger partial charge in [0.15, 0.2) is 5.96 Å². The van der Waals surface area contributed by atoms with Gasteiger partial charge < -0.3 is 15.5 Å². The molecule has 8 heteroatoms. The van der Waals surface area contributed by atoms with Crippen LogP contribution in [0.15, 0.2) is 52.5 Å². The summed E-state index contributed by atoms with van der Waals surface area (Å²) < 4.78 is 15.9. The first kappa shape index (κ1) is 26.6. The van der Waals surface area contributed by atoms with Crippen molar-refractivity contribution < 1.29 is 4.39 Å². The Labute approximate surface area is 241 Å². The molecule has 3 heterocycles. The first-order valence-corrected chi connectivity index (χ1v) is 15.3. The lowest BCUT2D eigenvalue weighted by Crippen LogP contribution is -2.57. The molecule has 5 aliphatic rings. The molecular formula is C33H41FN6O. The number of aromatic nitrogens is 2. The number of nitrogens with one attached hydrogen (secondary N) is 2. The van der Waals surface area contributed by atoms with Crippen LogP contribution in [-0.4, -0.2) is 51.6 Å². The number of rotatable bonds is 5. The molecule has 2 aliphatic heterocycles. The lowest BCUT2D eigenvalue weighted by Gasteiger charge is -2.61. The molecule has 0 spiro atoms. The first-order chi connectivity index (χ1) is 19.7. The van der Waals surface area contributed by atoms with Crippen LogP contribution in [0.2, 0.25) is 0 Å². The Hall–Kier alpha value is -3.26. The molecule has 2 aromatic carbocycles. The van der Waals surface area contributed by atoms with E-state index in [0.29, 0.717) is 58.9 Å². The van der Waals surface area contributed by atoms with E-state index < -0.39 is 0 Å². The number of benzene rings is 2. The number of hydrogen-bond acceptors (Lipinski definition) is 4. The molecule has 0 radical (unpaired) electrons. The van der Waals surface area contributed by atoms with Crippen molar-refractivity contribution in [3.05, 3.63) is 70.0 Å². The summed E-state index contributed by atoms with van der Waals surface area (Å²) in [7, 11) is 0. The third-order valence-corrected chi connectivity index (χ3v) is 10.8. The van der Waals surface area contributed by atoms with Gasteiger partial charge in [-0.3, -0.25) is 9.36 Å².